The van der Waals surface area contributed by atoms with E-state index in [4.69, 9.17) is 0 Å². The summed E-state index contributed by atoms with van der Waals surface area (Å²) >= 11 is 0. The summed E-state index contributed by atoms with van der Waals surface area (Å²) in [6, 6.07) is 12.9. The van der Waals surface area contributed by atoms with Crippen LogP contribution in [0.5, 0.6) is 11.5 Å². The van der Waals surface area contributed by atoms with Gasteiger partial charge in [0.15, 0.2) is 0 Å². The summed E-state index contributed by atoms with van der Waals surface area (Å²) in [5.41, 5.74) is 2.53. The van der Waals surface area contributed by atoms with Gasteiger partial charge in [-0.2, -0.15) is 0 Å². The molecule has 0 saturated carbocycles. The van der Waals surface area contributed by atoms with Gasteiger partial charge >= 0.3 is 0 Å². The number of aryl methyl sites for hydroxylation is 1. The van der Waals surface area contributed by atoms with E-state index in [1.165, 1.54) is 0 Å². The first-order chi connectivity index (χ1) is 8.43. The minimum absolute atomic E-state index is 0.253. The highest BCUT2D eigenvalue weighted by Gasteiger charge is 2.26. The maximum absolute atomic E-state index is 10.2. The first kappa shape index (κ1) is 12.5. The first-order valence-corrected chi connectivity index (χ1v) is 6.01. The van der Waals surface area contributed by atoms with Crippen LogP contribution >= 0.6 is 0 Å². The Labute approximate surface area is 108 Å². The zero-order valence-corrected chi connectivity index (χ0v) is 10.9. The van der Waals surface area contributed by atoms with E-state index < -0.39 is 0 Å². The highest BCUT2D eigenvalue weighted by molar-refractivity contribution is 5.49. The Kier molecular flexibility index (Phi) is 3.04. The highest BCUT2D eigenvalue weighted by atomic mass is 16.3. The van der Waals surface area contributed by atoms with Crippen molar-refractivity contribution in [1.82, 2.24) is 0 Å². The molecular formula is C16H18O2. The third kappa shape index (κ3) is 2.06. The average Bonchev–Trinajstić information content (AvgIpc) is 2.33. The van der Waals surface area contributed by atoms with Crippen molar-refractivity contribution in [2.75, 3.05) is 0 Å². The second kappa shape index (κ2) is 4.37. The zero-order valence-electron chi connectivity index (χ0n) is 10.9. The van der Waals surface area contributed by atoms with Crippen molar-refractivity contribution in [2.24, 2.45) is 0 Å². The van der Waals surface area contributed by atoms with Crippen molar-refractivity contribution >= 4 is 0 Å². The van der Waals surface area contributed by atoms with E-state index in [-0.39, 0.29) is 11.2 Å². The van der Waals surface area contributed by atoms with Gasteiger partial charge in [-0.05, 0) is 30.2 Å². The molecular weight excluding hydrogens is 224 g/mol. The lowest BCUT2D eigenvalue weighted by molar-refractivity contribution is 0.448. The Bertz CT molecular complexity index is 554. The van der Waals surface area contributed by atoms with Gasteiger partial charge in [0.25, 0.3) is 0 Å². The van der Waals surface area contributed by atoms with Crippen LogP contribution in [-0.4, -0.2) is 10.2 Å². The topological polar surface area (TPSA) is 40.5 Å². The van der Waals surface area contributed by atoms with Gasteiger partial charge in [0.05, 0.1) is 0 Å². The molecule has 0 heterocycles. The summed E-state index contributed by atoms with van der Waals surface area (Å²) in [6.45, 7) is 6.02. The van der Waals surface area contributed by atoms with Crippen molar-refractivity contribution in [2.45, 2.75) is 26.2 Å². The maximum Gasteiger partial charge on any atom is 0.122 e. The normalized spacial score (nSPS) is 11.5. The van der Waals surface area contributed by atoms with Crippen LogP contribution in [0.1, 0.15) is 30.5 Å². The number of phenols is 2. The molecule has 0 aliphatic carbocycles. The van der Waals surface area contributed by atoms with Gasteiger partial charge in [-0.25, -0.2) is 0 Å². The highest BCUT2D eigenvalue weighted by Crippen LogP contribution is 2.38. The van der Waals surface area contributed by atoms with Crippen LogP contribution in [-0.2, 0) is 5.41 Å². The molecule has 0 radical (unpaired) electrons. The summed E-state index contributed by atoms with van der Waals surface area (Å²) in [4.78, 5) is 0. The van der Waals surface area contributed by atoms with E-state index >= 15 is 0 Å². The van der Waals surface area contributed by atoms with Gasteiger partial charge in [0.1, 0.15) is 11.5 Å². The summed E-state index contributed by atoms with van der Waals surface area (Å²) in [5, 5.41) is 19.5. The lowest BCUT2D eigenvalue weighted by Crippen LogP contribution is -2.19. The molecule has 0 amide bonds. The molecule has 0 bridgehead atoms. The lowest BCUT2D eigenvalue weighted by Gasteiger charge is -2.27. The monoisotopic (exact) mass is 242 g/mol. The fraction of sp³-hybridized carbons (Fsp3) is 0.250. The Morgan fingerprint density at radius 3 is 2.11 bits per heavy atom. The molecule has 18 heavy (non-hydrogen) atoms. The van der Waals surface area contributed by atoms with Gasteiger partial charge in [-0.1, -0.05) is 44.2 Å². The smallest absolute Gasteiger partial charge is 0.122 e. The molecule has 0 atom stereocenters. The van der Waals surface area contributed by atoms with Crippen LogP contribution in [0.15, 0.2) is 42.5 Å². The minimum Gasteiger partial charge on any atom is -0.508 e. The molecule has 2 heteroatoms. The number of hydrogen-bond donors (Lipinski definition) is 2. The number of phenolic OH excluding ortho intramolecular Hbond substituents is 2. The molecule has 2 aromatic carbocycles. The summed E-state index contributed by atoms with van der Waals surface area (Å²) in [6.07, 6.45) is 0. The van der Waals surface area contributed by atoms with E-state index in [2.05, 4.69) is 13.8 Å². The number of para-hydroxylation sites is 1. The van der Waals surface area contributed by atoms with Crippen LogP contribution in [0, 0.1) is 6.92 Å². The van der Waals surface area contributed by atoms with Crippen LogP contribution in [0.4, 0.5) is 0 Å². The van der Waals surface area contributed by atoms with Crippen molar-refractivity contribution in [3.63, 3.8) is 0 Å². The van der Waals surface area contributed by atoms with Gasteiger partial charge < -0.3 is 10.2 Å². The van der Waals surface area contributed by atoms with Crippen molar-refractivity contribution in [3.05, 3.63) is 59.2 Å². The molecule has 2 nitrogen and oxygen atoms in total. The quantitative estimate of drug-likeness (QED) is 0.842. The predicted octanol–water partition coefficient (Wildman–Crippen LogP) is 3.73. The molecule has 0 unspecified atom stereocenters. The second-order valence-electron chi connectivity index (χ2n) is 5.14. The second-order valence-corrected chi connectivity index (χ2v) is 5.14. The van der Waals surface area contributed by atoms with E-state index in [1.807, 2.05) is 37.3 Å². The zero-order chi connectivity index (χ0) is 13.3. The van der Waals surface area contributed by atoms with Crippen molar-refractivity contribution < 1.29 is 10.2 Å². The molecule has 2 aromatic rings. The van der Waals surface area contributed by atoms with Crippen LogP contribution < -0.4 is 0 Å². The van der Waals surface area contributed by atoms with E-state index in [9.17, 15) is 10.2 Å². The third-order valence-corrected chi connectivity index (χ3v) is 3.50. The summed E-state index contributed by atoms with van der Waals surface area (Å²) in [7, 11) is 0. The number of hydrogen-bond acceptors (Lipinski definition) is 2. The van der Waals surface area contributed by atoms with E-state index in [0.717, 1.165) is 16.7 Å². The van der Waals surface area contributed by atoms with E-state index in [0.29, 0.717) is 5.75 Å². The first-order valence-electron chi connectivity index (χ1n) is 6.01. The Morgan fingerprint density at radius 1 is 0.889 bits per heavy atom. The summed E-state index contributed by atoms with van der Waals surface area (Å²) < 4.78 is 0. The number of aromatic hydroxyl groups is 2. The van der Waals surface area contributed by atoms with Crippen molar-refractivity contribution in [1.29, 1.82) is 0 Å². The Morgan fingerprint density at radius 2 is 1.50 bits per heavy atom. The maximum atomic E-state index is 10.2. The average molecular weight is 242 g/mol. The molecule has 0 aliphatic rings. The van der Waals surface area contributed by atoms with Gasteiger partial charge in [0, 0.05) is 11.0 Å². The third-order valence-electron chi connectivity index (χ3n) is 3.50. The molecule has 94 valence electrons. The molecule has 0 spiro atoms. The SMILES string of the molecule is Cc1cccc(C(C)(C)c2ccc(O)cc2)c1O. The van der Waals surface area contributed by atoms with Crippen LogP contribution in [0.2, 0.25) is 0 Å². The minimum atomic E-state index is -0.302. The van der Waals surface area contributed by atoms with Crippen molar-refractivity contribution in [3.8, 4) is 11.5 Å². The largest absolute Gasteiger partial charge is 0.508 e. The molecule has 0 aliphatic heterocycles. The number of benzene rings is 2. The molecule has 0 saturated heterocycles. The standard InChI is InChI=1S/C16H18O2/c1-11-5-4-6-14(15(11)18)16(2,3)12-7-9-13(17)10-8-12/h4-10,17-18H,1-3H3. The number of rotatable bonds is 2. The molecule has 2 rings (SSSR count). The molecule has 0 fully saturated rings. The van der Waals surface area contributed by atoms with Crippen LogP contribution in [0.3, 0.4) is 0 Å². The molecule has 0 aromatic heterocycles. The Balaban J connectivity index is 2.54. The fourth-order valence-corrected chi connectivity index (χ4v) is 2.20. The molecule has 2 N–H and O–H groups in total. The summed E-state index contributed by atoms with van der Waals surface area (Å²) in [5.74, 6) is 0.596. The fourth-order valence-electron chi connectivity index (χ4n) is 2.20. The van der Waals surface area contributed by atoms with Gasteiger partial charge in [-0.15, -0.1) is 0 Å². The predicted molar refractivity (Wildman–Crippen MR) is 73.1 cm³/mol. The van der Waals surface area contributed by atoms with Crippen LogP contribution in [0.25, 0.3) is 0 Å². The van der Waals surface area contributed by atoms with E-state index in [1.54, 1.807) is 12.1 Å². The van der Waals surface area contributed by atoms with Gasteiger partial charge in [-0.3, -0.25) is 0 Å². The van der Waals surface area contributed by atoms with Gasteiger partial charge in [0.2, 0.25) is 0 Å². The lowest BCUT2D eigenvalue weighted by atomic mass is 9.77. The Hall–Kier alpha value is -1.96.